The first kappa shape index (κ1) is 11.1. The largest absolute Gasteiger partial charge is 0.399 e. The molecule has 1 saturated heterocycles. The van der Waals surface area contributed by atoms with Crippen molar-refractivity contribution in [2.24, 2.45) is 5.92 Å². The monoisotopic (exact) mass is 233 g/mol. The van der Waals surface area contributed by atoms with E-state index in [1.165, 1.54) is 5.56 Å². The van der Waals surface area contributed by atoms with Crippen LogP contribution < -0.4 is 5.73 Å². The summed E-state index contributed by atoms with van der Waals surface area (Å²) in [6.45, 7) is 1.55. The minimum atomic E-state index is -0.646. The molecule has 3 heteroatoms. The molecule has 3 nitrogen and oxygen atoms in total. The first-order chi connectivity index (χ1) is 8.20. The Bertz CT molecular complexity index is 426. The summed E-state index contributed by atoms with van der Waals surface area (Å²) in [7, 11) is 0. The smallest absolute Gasteiger partial charge is 0.0932 e. The van der Waals surface area contributed by atoms with Crippen molar-refractivity contribution in [3.63, 3.8) is 0 Å². The van der Waals surface area contributed by atoms with Crippen molar-refractivity contribution in [2.45, 2.75) is 31.3 Å². The van der Waals surface area contributed by atoms with Crippen LogP contribution in [-0.4, -0.2) is 18.3 Å². The quantitative estimate of drug-likeness (QED) is 0.728. The zero-order chi connectivity index (χ0) is 11.9. The lowest BCUT2D eigenvalue weighted by Crippen LogP contribution is -2.36. The third-order valence-corrected chi connectivity index (χ3v) is 4.27. The van der Waals surface area contributed by atoms with Crippen molar-refractivity contribution in [2.75, 3.05) is 18.9 Å². The highest BCUT2D eigenvalue weighted by Crippen LogP contribution is 2.46. The van der Waals surface area contributed by atoms with Gasteiger partial charge < -0.3 is 15.6 Å². The van der Waals surface area contributed by atoms with Gasteiger partial charge in [0.05, 0.1) is 5.60 Å². The van der Waals surface area contributed by atoms with Crippen LogP contribution in [0.5, 0.6) is 0 Å². The number of benzene rings is 1. The van der Waals surface area contributed by atoms with Crippen molar-refractivity contribution in [3.8, 4) is 0 Å². The van der Waals surface area contributed by atoms with E-state index in [9.17, 15) is 5.11 Å². The Labute approximate surface area is 102 Å². The van der Waals surface area contributed by atoms with E-state index in [4.69, 9.17) is 10.5 Å². The topological polar surface area (TPSA) is 55.5 Å². The molecule has 92 valence electrons. The molecule has 3 rings (SSSR count). The van der Waals surface area contributed by atoms with Crippen LogP contribution in [0.25, 0.3) is 0 Å². The van der Waals surface area contributed by atoms with Gasteiger partial charge in [-0.1, -0.05) is 6.07 Å². The molecule has 1 atom stereocenters. The minimum Gasteiger partial charge on any atom is -0.399 e. The highest BCUT2D eigenvalue weighted by atomic mass is 16.5. The average Bonchev–Trinajstić information content (AvgIpc) is 2.69. The summed E-state index contributed by atoms with van der Waals surface area (Å²) in [5.74, 6) is 0.334. The molecule has 0 bridgehead atoms. The summed E-state index contributed by atoms with van der Waals surface area (Å²) in [6, 6.07) is 5.91. The Morgan fingerprint density at radius 1 is 1.29 bits per heavy atom. The molecule has 1 aliphatic heterocycles. The minimum absolute atomic E-state index is 0.334. The Balaban J connectivity index is 1.95. The molecule has 0 radical (unpaired) electrons. The summed E-state index contributed by atoms with van der Waals surface area (Å²) in [6.07, 6.45) is 3.69. The van der Waals surface area contributed by atoms with E-state index in [-0.39, 0.29) is 0 Å². The molecule has 1 fully saturated rings. The van der Waals surface area contributed by atoms with Crippen LogP contribution >= 0.6 is 0 Å². The SMILES string of the molecule is Nc1ccc2c(c1)CCC2(O)C1CCOCC1. The van der Waals surface area contributed by atoms with Crippen LogP contribution in [0, 0.1) is 5.92 Å². The van der Waals surface area contributed by atoms with E-state index in [0.717, 1.165) is 50.1 Å². The van der Waals surface area contributed by atoms with E-state index in [0.29, 0.717) is 5.92 Å². The number of anilines is 1. The van der Waals surface area contributed by atoms with Crippen molar-refractivity contribution in [1.29, 1.82) is 0 Å². The van der Waals surface area contributed by atoms with Gasteiger partial charge in [-0.05, 0) is 54.9 Å². The number of hydrogen-bond acceptors (Lipinski definition) is 3. The Kier molecular flexibility index (Phi) is 2.60. The molecule has 0 spiro atoms. The number of ether oxygens (including phenoxy) is 1. The Morgan fingerprint density at radius 2 is 2.06 bits per heavy atom. The normalized spacial score (nSPS) is 29.2. The number of nitrogens with two attached hydrogens (primary N) is 1. The van der Waals surface area contributed by atoms with Crippen molar-refractivity contribution in [1.82, 2.24) is 0 Å². The number of fused-ring (bicyclic) bond motifs is 1. The van der Waals surface area contributed by atoms with E-state index >= 15 is 0 Å². The van der Waals surface area contributed by atoms with E-state index in [2.05, 4.69) is 0 Å². The molecule has 3 N–H and O–H groups in total. The fraction of sp³-hybridized carbons (Fsp3) is 0.571. The summed E-state index contributed by atoms with van der Waals surface area (Å²) in [5, 5.41) is 11.0. The molecule has 1 unspecified atom stereocenters. The van der Waals surface area contributed by atoms with Gasteiger partial charge in [-0.3, -0.25) is 0 Å². The number of nitrogen functional groups attached to an aromatic ring is 1. The zero-order valence-corrected chi connectivity index (χ0v) is 9.98. The summed E-state index contributed by atoms with van der Waals surface area (Å²) >= 11 is 0. The highest BCUT2D eigenvalue weighted by Gasteiger charge is 2.43. The first-order valence-electron chi connectivity index (χ1n) is 6.39. The zero-order valence-electron chi connectivity index (χ0n) is 9.98. The number of aliphatic hydroxyl groups is 1. The van der Waals surface area contributed by atoms with Crippen LogP contribution in [0.15, 0.2) is 18.2 Å². The van der Waals surface area contributed by atoms with Crippen LogP contribution in [-0.2, 0) is 16.8 Å². The van der Waals surface area contributed by atoms with Gasteiger partial charge in [0.25, 0.3) is 0 Å². The lowest BCUT2D eigenvalue weighted by molar-refractivity contribution is -0.0691. The average molecular weight is 233 g/mol. The fourth-order valence-corrected chi connectivity index (χ4v) is 3.30. The van der Waals surface area contributed by atoms with Gasteiger partial charge in [-0.2, -0.15) is 0 Å². The maximum absolute atomic E-state index is 11.0. The second-order valence-electron chi connectivity index (χ2n) is 5.23. The number of hydrogen-bond donors (Lipinski definition) is 2. The second kappa shape index (κ2) is 4.00. The number of rotatable bonds is 1. The molecule has 0 saturated carbocycles. The van der Waals surface area contributed by atoms with Crippen LogP contribution in [0.2, 0.25) is 0 Å². The third kappa shape index (κ3) is 1.74. The van der Waals surface area contributed by atoms with Gasteiger partial charge in [-0.25, -0.2) is 0 Å². The Morgan fingerprint density at radius 3 is 2.82 bits per heavy atom. The van der Waals surface area contributed by atoms with E-state index in [1.807, 2.05) is 18.2 Å². The predicted octanol–water partition coefficient (Wildman–Crippen LogP) is 1.83. The van der Waals surface area contributed by atoms with Gasteiger partial charge in [0.2, 0.25) is 0 Å². The molecule has 1 aromatic carbocycles. The molecule has 1 aliphatic carbocycles. The van der Waals surface area contributed by atoms with Crippen LogP contribution in [0.4, 0.5) is 5.69 Å². The molecular weight excluding hydrogens is 214 g/mol. The van der Waals surface area contributed by atoms with Crippen LogP contribution in [0.3, 0.4) is 0 Å². The van der Waals surface area contributed by atoms with Gasteiger partial charge in [-0.15, -0.1) is 0 Å². The predicted molar refractivity (Wildman–Crippen MR) is 66.6 cm³/mol. The fourth-order valence-electron chi connectivity index (χ4n) is 3.30. The van der Waals surface area contributed by atoms with Gasteiger partial charge in [0.1, 0.15) is 0 Å². The lowest BCUT2D eigenvalue weighted by atomic mass is 9.78. The van der Waals surface area contributed by atoms with E-state index < -0.39 is 5.60 Å². The molecule has 2 aliphatic rings. The van der Waals surface area contributed by atoms with E-state index in [1.54, 1.807) is 0 Å². The molecule has 1 heterocycles. The van der Waals surface area contributed by atoms with Gasteiger partial charge in [0, 0.05) is 18.9 Å². The maximum Gasteiger partial charge on any atom is 0.0932 e. The standard InChI is InChI=1S/C14H19NO2/c15-12-1-2-13-10(9-12)3-6-14(13,16)11-4-7-17-8-5-11/h1-2,9,11,16H,3-8,15H2. The highest BCUT2D eigenvalue weighted by molar-refractivity contribution is 5.49. The molecule has 0 aromatic heterocycles. The molecule has 0 amide bonds. The Hall–Kier alpha value is -1.06. The van der Waals surface area contributed by atoms with Crippen molar-refractivity contribution in [3.05, 3.63) is 29.3 Å². The molecule has 17 heavy (non-hydrogen) atoms. The number of aryl methyl sites for hydroxylation is 1. The summed E-state index contributed by atoms with van der Waals surface area (Å²) in [4.78, 5) is 0. The lowest BCUT2D eigenvalue weighted by Gasteiger charge is -2.36. The molecular formula is C14H19NO2. The summed E-state index contributed by atoms with van der Waals surface area (Å²) < 4.78 is 5.38. The first-order valence-corrected chi connectivity index (χ1v) is 6.39. The van der Waals surface area contributed by atoms with Crippen molar-refractivity contribution < 1.29 is 9.84 Å². The van der Waals surface area contributed by atoms with Crippen LogP contribution in [0.1, 0.15) is 30.4 Å². The van der Waals surface area contributed by atoms with Gasteiger partial charge >= 0.3 is 0 Å². The second-order valence-corrected chi connectivity index (χ2v) is 5.23. The van der Waals surface area contributed by atoms with Gasteiger partial charge in [0.15, 0.2) is 0 Å². The maximum atomic E-state index is 11.0. The summed E-state index contributed by atoms with van der Waals surface area (Å²) in [5.41, 5.74) is 8.26. The third-order valence-electron chi connectivity index (χ3n) is 4.27. The molecule has 1 aromatic rings. The van der Waals surface area contributed by atoms with Crippen molar-refractivity contribution >= 4 is 5.69 Å².